The summed E-state index contributed by atoms with van der Waals surface area (Å²) in [7, 11) is 0. The van der Waals surface area contributed by atoms with Gasteiger partial charge in [-0.25, -0.2) is 14.8 Å². The lowest BCUT2D eigenvalue weighted by molar-refractivity contribution is -0.0197. The number of hydrogen-bond donors (Lipinski definition) is 1. The molecule has 1 saturated carbocycles. The van der Waals surface area contributed by atoms with Crippen molar-refractivity contribution in [3.8, 4) is 28.9 Å². The van der Waals surface area contributed by atoms with E-state index in [-0.39, 0.29) is 17.6 Å². The monoisotopic (exact) mass is 501 g/mol. The Kier molecular flexibility index (Phi) is 6.47. The highest BCUT2D eigenvalue weighted by Gasteiger charge is 2.33. The first-order chi connectivity index (χ1) is 17.8. The third-order valence-electron chi connectivity index (χ3n) is 6.38. The van der Waals surface area contributed by atoms with Gasteiger partial charge >= 0.3 is 6.09 Å². The van der Waals surface area contributed by atoms with E-state index in [9.17, 15) is 4.79 Å². The summed E-state index contributed by atoms with van der Waals surface area (Å²) in [5.74, 6) is 3.12. The van der Waals surface area contributed by atoms with E-state index >= 15 is 0 Å². The third kappa shape index (κ3) is 5.53. The lowest BCUT2D eigenvalue weighted by Gasteiger charge is -2.34. The molecule has 0 spiro atoms. The van der Waals surface area contributed by atoms with Crippen LogP contribution in [0.4, 0.5) is 4.79 Å². The molecule has 0 bridgehead atoms. The molecule has 190 valence electrons. The van der Waals surface area contributed by atoms with E-state index in [1.807, 2.05) is 36.4 Å². The molecule has 1 fully saturated rings. The maximum Gasteiger partial charge on any atom is 0.404 e. The molecular weight excluding hydrogens is 474 g/mol. The molecule has 0 saturated heterocycles. The van der Waals surface area contributed by atoms with Crippen molar-refractivity contribution < 1.29 is 23.5 Å². The number of aryl methyl sites for hydroxylation is 1. The van der Waals surface area contributed by atoms with Crippen molar-refractivity contribution in [2.75, 3.05) is 0 Å². The zero-order valence-corrected chi connectivity index (χ0v) is 20.7. The molecule has 0 radical (unpaired) electrons. The highest BCUT2D eigenvalue weighted by molar-refractivity contribution is 5.64. The molecule has 37 heavy (non-hydrogen) atoms. The first-order valence-corrected chi connectivity index (χ1v) is 11.9. The summed E-state index contributed by atoms with van der Waals surface area (Å²) < 4.78 is 21.8. The van der Waals surface area contributed by atoms with Crippen LogP contribution in [0.25, 0.3) is 11.6 Å². The zero-order valence-electron chi connectivity index (χ0n) is 20.7. The average molecular weight is 502 g/mol. The van der Waals surface area contributed by atoms with E-state index in [0.717, 1.165) is 16.9 Å². The number of nitrogens with zero attached hydrogens (tertiary/aromatic N) is 4. The summed E-state index contributed by atoms with van der Waals surface area (Å²) in [6, 6.07) is 16.0. The maximum atomic E-state index is 10.8. The van der Waals surface area contributed by atoms with Gasteiger partial charge in [-0.15, -0.1) is 0 Å². The molecule has 0 unspecified atom stereocenters. The molecule has 1 aliphatic rings. The van der Waals surface area contributed by atoms with Gasteiger partial charge in [0.15, 0.2) is 5.75 Å². The lowest BCUT2D eigenvalue weighted by Crippen LogP contribution is -2.41. The van der Waals surface area contributed by atoms with E-state index in [2.05, 4.69) is 46.1 Å². The molecule has 5 rings (SSSR count). The minimum atomic E-state index is -0.741. The molecule has 1 aliphatic carbocycles. The van der Waals surface area contributed by atoms with Gasteiger partial charge in [-0.3, -0.25) is 0 Å². The van der Waals surface area contributed by atoms with Crippen molar-refractivity contribution in [1.29, 1.82) is 0 Å². The Hall–Kier alpha value is -4.47. The second kappa shape index (κ2) is 9.88. The van der Waals surface area contributed by atoms with Crippen LogP contribution in [0.3, 0.4) is 0 Å². The predicted octanol–water partition coefficient (Wildman–Crippen LogP) is 4.96. The van der Waals surface area contributed by atoms with E-state index in [1.54, 1.807) is 19.3 Å². The van der Waals surface area contributed by atoms with Gasteiger partial charge in [0.2, 0.25) is 17.5 Å². The van der Waals surface area contributed by atoms with Crippen LogP contribution in [0.2, 0.25) is 0 Å². The number of aromatic nitrogens is 4. The Labute approximate surface area is 213 Å². The van der Waals surface area contributed by atoms with Crippen molar-refractivity contribution in [2.45, 2.75) is 51.2 Å². The quantitative estimate of drug-likeness (QED) is 0.355. The minimum Gasteiger partial charge on any atom is -0.490 e. The lowest BCUT2D eigenvalue weighted by atomic mass is 9.78. The number of nitrogens with two attached hydrogens (primary N) is 1. The van der Waals surface area contributed by atoms with Gasteiger partial charge in [0, 0.05) is 25.2 Å². The Morgan fingerprint density at radius 3 is 2.03 bits per heavy atom. The summed E-state index contributed by atoms with van der Waals surface area (Å²) in [5, 5.41) is 3.81. The molecule has 2 aromatic heterocycles. The molecular formula is C27H27N5O5. The number of hydrogen-bond acceptors (Lipinski definition) is 9. The smallest absolute Gasteiger partial charge is 0.404 e. The Morgan fingerprint density at radius 1 is 0.892 bits per heavy atom. The van der Waals surface area contributed by atoms with Crippen molar-refractivity contribution >= 4 is 6.09 Å². The molecule has 2 aromatic carbocycles. The van der Waals surface area contributed by atoms with Crippen molar-refractivity contribution in [2.24, 2.45) is 5.73 Å². The first-order valence-electron chi connectivity index (χ1n) is 11.9. The van der Waals surface area contributed by atoms with Gasteiger partial charge < -0.3 is 24.5 Å². The second-order valence-electron chi connectivity index (χ2n) is 9.43. The zero-order chi connectivity index (χ0) is 26.0. The van der Waals surface area contributed by atoms with Crippen LogP contribution in [-0.2, 0) is 10.2 Å². The summed E-state index contributed by atoms with van der Waals surface area (Å²) in [4.78, 5) is 23.4. The number of carbonyl (C=O) groups excluding carboxylic acids is 1. The van der Waals surface area contributed by atoms with Gasteiger partial charge in [-0.1, -0.05) is 43.3 Å². The predicted molar refractivity (Wildman–Crippen MR) is 133 cm³/mol. The number of ether oxygens (including phenoxy) is 3. The number of carbonyl (C=O) groups is 1. The van der Waals surface area contributed by atoms with Crippen molar-refractivity contribution in [1.82, 2.24) is 20.1 Å². The normalized spacial score (nSPS) is 17.1. The van der Waals surface area contributed by atoms with Crippen molar-refractivity contribution in [3.05, 3.63) is 77.9 Å². The van der Waals surface area contributed by atoms with Crippen LogP contribution >= 0.6 is 0 Å². The fourth-order valence-corrected chi connectivity index (χ4v) is 4.13. The summed E-state index contributed by atoms with van der Waals surface area (Å²) in [5.41, 5.74) is 7.11. The second-order valence-corrected chi connectivity index (χ2v) is 9.43. The van der Waals surface area contributed by atoms with Gasteiger partial charge in [0.25, 0.3) is 0 Å². The summed E-state index contributed by atoms with van der Waals surface area (Å²) in [6.07, 6.45) is 3.59. The van der Waals surface area contributed by atoms with E-state index < -0.39 is 6.09 Å². The van der Waals surface area contributed by atoms with Crippen LogP contribution in [0, 0.1) is 6.92 Å². The number of benzene rings is 2. The molecule has 1 amide bonds. The van der Waals surface area contributed by atoms with Gasteiger partial charge in [0.1, 0.15) is 23.7 Å². The summed E-state index contributed by atoms with van der Waals surface area (Å²) in [6.45, 7) is 6.05. The molecule has 2 N–H and O–H groups in total. The number of primary amides is 1. The minimum absolute atomic E-state index is 0.0283. The molecule has 4 aromatic rings. The van der Waals surface area contributed by atoms with Crippen LogP contribution in [-0.4, -0.2) is 38.4 Å². The highest BCUT2D eigenvalue weighted by atomic mass is 16.6. The van der Waals surface area contributed by atoms with E-state index in [1.165, 1.54) is 0 Å². The van der Waals surface area contributed by atoms with Crippen LogP contribution in [0.5, 0.6) is 17.2 Å². The topological polar surface area (TPSA) is 135 Å². The summed E-state index contributed by atoms with van der Waals surface area (Å²) >= 11 is 0. The fraction of sp³-hybridized carbons (Fsp3) is 0.296. The standard InChI is InChI=1S/C27H27N5O5/c1-16-31-25(32-37-16)24-29-14-23(15-30-24)35-20-10-6-18(7-11-20)27(2,3)17-4-8-19(9-5-17)34-21-12-22(13-21)36-26(28)33/h4-11,14-15,21-22H,12-13H2,1-3H3,(H2,28,33)/t21-,22-. The van der Waals surface area contributed by atoms with Crippen molar-refractivity contribution in [3.63, 3.8) is 0 Å². The van der Waals surface area contributed by atoms with Crippen LogP contribution in [0.1, 0.15) is 43.7 Å². The fourth-order valence-electron chi connectivity index (χ4n) is 4.13. The maximum absolute atomic E-state index is 10.8. The Bertz CT molecular complexity index is 1360. The average Bonchev–Trinajstić information content (AvgIpc) is 3.30. The largest absolute Gasteiger partial charge is 0.490 e. The first kappa shape index (κ1) is 24.2. The van der Waals surface area contributed by atoms with Gasteiger partial charge in [0.05, 0.1) is 12.4 Å². The van der Waals surface area contributed by atoms with E-state index in [4.69, 9.17) is 24.5 Å². The van der Waals surface area contributed by atoms with Gasteiger partial charge in [-0.2, -0.15) is 4.98 Å². The Morgan fingerprint density at radius 2 is 1.49 bits per heavy atom. The molecule has 10 nitrogen and oxygen atoms in total. The molecule has 0 aliphatic heterocycles. The molecule has 2 heterocycles. The van der Waals surface area contributed by atoms with Crippen LogP contribution in [0.15, 0.2) is 65.4 Å². The molecule has 10 heteroatoms. The van der Waals surface area contributed by atoms with Gasteiger partial charge in [-0.05, 0) is 35.4 Å². The highest BCUT2D eigenvalue weighted by Crippen LogP contribution is 2.35. The number of amides is 1. The molecule has 0 atom stereocenters. The number of rotatable bonds is 8. The third-order valence-corrected chi connectivity index (χ3v) is 6.38. The van der Waals surface area contributed by atoms with Crippen LogP contribution < -0.4 is 15.2 Å². The van der Waals surface area contributed by atoms with E-state index in [0.29, 0.717) is 41.9 Å². The Balaban J connectivity index is 1.19. The SMILES string of the molecule is Cc1nc(-c2ncc(Oc3ccc(C(C)(C)c4ccc(O[C@H]5C[C@H](OC(N)=O)C5)cc4)cc3)cn2)no1.